The first-order chi connectivity index (χ1) is 7.36. The third kappa shape index (κ3) is 4.98. The van der Waals surface area contributed by atoms with Crippen molar-refractivity contribution in [3.63, 3.8) is 0 Å². The molecule has 84 valence electrons. The van der Waals surface area contributed by atoms with Crippen molar-refractivity contribution in [3.8, 4) is 0 Å². The molecule has 1 aromatic carbocycles. The fraction of sp³-hybridized carbons (Fsp3) is 0.571. The van der Waals surface area contributed by atoms with Crippen LogP contribution in [0.2, 0.25) is 0 Å². The molecule has 0 bridgehead atoms. The third-order valence-corrected chi connectivity index (χ3v) is 2.69. The highest BCUT2D eigenvalue weighted by atomic mass is 16.5. The van der Waals surface area contributed by atoms with E-state index >= 15 is 0 Å². The first-order valence-corrected chi connectivity index (χ1v) is 6.02. The van der Waals surface area contributed by atoms with Crippen molar-refractivity contribution >= 4 is 0 Å². The van der Waals surface area contributed by atoms with Crippen LogP contribution in [-0.2, 0) is 11.2 Å². The molecule has 1 heteroatoms. The first-order valence-electron chi connectivity index (χ1n) is 6.02. The largest absolute Gasteiger partial charge is 0.379 e. The molecule has 0 amide bonds. The molecule has 0 saturated carbocycles. The minimum atomic E-state index is 0.457. The van der Waals surface area contributed by atoms with Crippen molar-refractivity contribution in [2.75, 3.05) is 6.61 Å². The summed E-state index contributed by atoms with van der Waals surface area (Å²) in [6.07, 6.45) is 5.16. The van der Waals surface area contributed by atoms with Crippen LogP contribution in [0, 0.1) is 0 Å². The van der Waals surface area contributed by atoms with Crippen LogP contribution in [0.15, 0.2) is 30.3 Å². The number of benzene rings is 1. The van der Waals surface area contributed by atoms with Gasteiger partial charge in [-0.1, -0.05) is 37.3 Å². The number of rotatable bonds is 7. The Balaban J connectivity index is 2.20. The van der Waals surface area contributed by atoms with Gasteiger partial charge in [-0.2, -0.15) is 0 Å². The number of ether oxygens (including phenoxy) is 1. The van der Waals surface area contributed by atoms with E-state index in [1.165, 1.54) is 24.8 Å². The van der Waals surface area contributed by atoms with E-state index in [2.05, 4.69) is 44.2 Å². The van der Waals surface area contributed by atoms with E-state index in [1.807, 2.05) is 0 Å². The molecule has 0 radical (unpaired) electrons. The van der Waals surface area contributed by atoms with Crippen LogP contribution in [0.4, 0.5) is 0 Å². The molecule has 15 heavy (non-hydrogen) atoms. The Kier molecular flexibility index (Phi) is 6.10. The second-order valence-corrected chi connectivity index (χ2v) is 3.86. The highest BCUT2D eigenvalue weighted by Crippen LogP contribution is 2.10. The van der Waals surface area contributed by atoms with E-state index < -0.39 is 0 Å². The van der Waals surface area contributed by atoms with Crippen molar-refractivity contribution < 1.29 is 4.74 Å². The Morgan fingerprint density at radius 2 is 1.87 bits per heavy atom. The molecule has 0 fully saturated rings. The maximum absolute atomic E-state index is 5.63. The molecule has 0 aliphatic carbocycles. The SMILES string of the molecule is CCOC(CC)CCCc1ccccc1. The molecule has 1 rings (SSSR count). The molecule has 1 unspecified atom stereocenters. The molecule has 0 aromatic heterocycles. The van der Waals surface area contributed by atoms with Crippen molar-refractivity contribution in [1.82, 2.24) is 0 Å². The van der Waals surface area contributed by atoms with Crippen molar-refractivity contribution in [2.24, 2.45) is 0 Å². The lowest BCUT2D eigenvalue weighted by molar-refractivity contribution is 0.0529. The number of hydrogen-bond acceptors (Lipinski definition) is 1. The van der Waals surface area contributed by atoms with E-state index in [4.69, 9.17) is 4.74 Å². The van der Waals surface area contributed by atoms with Gasteiger partial charge >= 0.3 is 0 Å². The Hall–Kier alpha value is -0.820. The van der Waals surface area contributed by atoms with E-state index in [0.717, 1.165) is 13.0 Å². The molecule has 0 spiro atoms. The highest BCUT2D eigenvalue weighted by molar-refractivity contribution is 5.14. The normalized spacial score (nSPS) is 12.7. The van der Waals surface area contributed by atoms with Gasteiger partial charge in [0.15, 0.2) is 0 Å². The quantitative estimate of drug-likeness (QED) is 0.659. The van der Waals surface area contributed by atoms with Crippen LogP contribution in [0.25, 0.3) is 0 Å². The summed E-state index contributed by atoms with van der Waals surface area (Å²) < 4.78 is 5.63. The summed E-state index contributed by atoms with van der Waals surface area (Å²) in [6.45, 7) is 5.10. The minimum absolute atomic E-state index is 0.457. The van der Waals surface area contributed by atoms with Crippen LogP contribution in [0.3, 0.4) is 0 Å². The Morgan fingerprint density at radius 1 is 1.13 bits per heavy atom. The lowest BCUT2D eigenvalue weighted by Gasteiger charge is -2.14. The molecular formula is C14H22O. The molecule has 0 N–H and O–H groups in total. The molecule has 1 atom stereocenters. The lowest BCUT2D eigenvalue weighted by Crippen LogP contribution is -2.11. The van der Waals surface area contributed by atoms with Crippen LogP contribution >= 0.6 is 0 Å². The number of hydrogen-bond donors (Lipinski definition) is 0. The molecule has 0 aliphatic heterocycles. The molecule has 1 aromatic rings. The Morgan fingerprint density at radius 3 is 2.47 bits per heavy atom. The topological polar surface area (TPSA) is 9.23 Å². The second kappa shape index (κ2) is 7.47. The van der Waals surface area contributed by atoms with Crippen LogP contribution in [0.5, 0.6) is 0 Å². The minimum Gasteiger partial charge on any atom is -0.379 e. The standard InChI is InChI=1S/C14H22O/c1-3-14(15-4-2)12-8-11-13-9-6-5-7-10-13/h5-7,9-10,14H,3-4,8,11-12H2,1-2H3. The number of aryl methyl sites for hydroxylation is 1. The summed E-state index contributed by atoms with van der Waals surface area (Å²) in [7, 11) is 0. The van der Waals surface area contributed by atoms with Gasteiger partial charge in [0.2, 0.25) is 0 Å². The van der Waals surface area contributed by atoms with E-state index in [-0.39, 0.29) is 0 Å². The van der Waals surface area contributed by atoms with Gasteiger partial charge in [0.1, 0.15) is 0 Å². The van der Waals surface area contributed by atoms with E-state index in [0.29, 0.717) is 6.10 Å². The fourth-order valence-corrected chi connectivity index (χ4v) is 1.82. The molecule has 1 nitrogen and oxygen atoms in total. The average molecular weight is 206 g/mol. The summed E-state index contributed by atoms with van der Waals surface area (Å²) in [5, 5.41) is 0. The molecule has 0 saturated heterocycles. The lowest BCUT2D eigenvalue weighted by atomic mass is 10.0. The van der Waals surface area contributed by atoms with Gasteiger partial charge in [0, 0.05) is 6.61 Å². The van der Waals surface area contributed by atoms with Gasteiger partial charge in [-0.15, -0.1) is 0 Å². The van der Waals surface area contributed by atoms with E-state index in [1.54, 1.807) is 0 Å². The van der Waals surface area contributed by atoms with Crippen molar-refractivity contribution in [1.29, 1.82) is 0 Å². The van der Waals surface area contributed by atoms with Crippen molar-refractivity contribution in [2.45, 2.75) is 45.6 Å². The maximum atomic E-state index is 5.63. The van der Waals surface area contributed by atoms with Crippen LogP contribution in [-0.4, -0.2) is 12.7 Å². The third-order valence-electron chi connectivity index (χ3n) is 2.69. The summed E-state index contributed by atoms with van der Waals surface area (Å²) in [5.74, 6) is 0. The van der Waals surface area contributed by atoms with Gasteiger partial charge < -0.3 is 4.74 Å². The van der Waals surface area contributed by atoms with Gasteiger partial charge in [-0.3, -0.25) is 0 Å². The van der Waals surface area contributed by atoms with Gasteiger partial charge in [-0.05, 0) is 38.2 Å². The zero-order valence-corrected chi connectivity index (χ0v) is 9.91. The predicted molar refractivity (Wildman–Crippen MR) is 65.1 cm³/mol. The second-order valence-electron chi connectivity index (χ2n) is 3.86. The zero-order valence-electron chi connectivity index (χ0n) is 9.91. The van der Waals surface area contributed by atoms with Gasteiger partial charge in [0.25, 0.3) is 0 Å². The first kappa shape index (κ1) is 12.3. The summed E-state index contributed by atoms with van der Waals surface area (Å²) in [4.78, 5) is 0. The summed E-state index contributed by atoms with van der Waals surface area (Å²) in [6, 6.07) is 10.7. The van der Waals surface area contributed by atoms with E-state index in [9.17, 15) is 0 Å². The Bertz CT molecular complexity index is 243. The fourth-order valence-electron chi connectivity index (χ4n) is 1.82. The average Bonchev–Trinajstić information content (AvgIpc) is 2.29. The predicted octanol–water partition coefficient (Wildman–Crippen LogP) is 3.82. The van der Waals surface area contributed by atoms with Crippen molar-refractivity contribution in [3.05, 3.63) is 35.9 Å². The van der Waals surface area contributed by atoms with Gasteiger partial charge in [0.05, 0.1) is 6.10 Å². The monoisotopic (exact) mass is 206 g/mol. The molecule has 0 aliphatic rings. The maximum Gasteiger partial charge on any atom is 0.0572 e. The smallest absolute Gasteiger partial charge is 0.0572 e. The van der Waals surface area contributed by atoms with Crippen LogP contribution in [0.1, 0.15) is 38.7 Å². The van der Waals surface area contributed by atoms with Crippen LogP contribution < -0.4 is 0 Å². The molecular weight excluding hydrogens is 184 g/mol. The zero-order chi connectivity index (χ0) is 10.9. The summed E-state index contributed by atoms with van der Waals surface area (Å²) in [5.41, 5.74) is 1.43. The summed E-state index contributed by atoms with van der Waals surface area (Å²) >= 11 is 0. The Labute approximate surface area is 93.5 Å². The van der Waals surface area contributed by atoms with Gasteiger partial charge in [-0.25, -0.2) is 0 Å². The highest BCUT2D eigenvalue weighted by Gasteiger charge is 2.04. The molecule has 0 heterocycles.